The fourth-order valence-electron chi connectivity index (χ4n) is 1.98. The molecule has 0 aliphatic rings. The fraction of sp³-hybridized carbons (Fsp3) is 0.188. The Bertz CT molecular complexity index is 852. The lowest BCUT2D eigenvalue weighted by atomic mass is 10.2. The summed E-state index contributed by atoms with van der Waals surface area (Å²) in [7, 11) is -3.92. The highest BCUT2D eigenvalue weighted by molar-refractivity contribution is 7.89. The topological polar surface area (TPSA) is 75.3 Å². The van der Waals surface area contributed by atoms with E-state index < -0.39 is 33.7 Å². The summed E-state index contributed by atoms with van der Waals surface area (Å²) < 4.78 is 64.5. The highest BCUT2D eigenvalue weighted by Gasteiger charge is 2.30. The number of rotatable bonds is 5. The minimum Gasteiger partial charge on any atom is -0.325 e. The van der Waals surface area contributed by atoms with E-state index in [0.29, 0.717) is 0 Å². The van der Waals surface area contributed by atoms with Crippen LogP contribution in [0.1, 0.15) is 12.5 Å². The number of carbonyl (C=O) groups excluding carboxylic acids is 1. The van der Waals surface area contributed by atoms with Gasteiger partial charge in [-0.3, -0.25) is 4.79 Å². The molecular weight excluding hydrogens is 357 g/mol. The first-order valence-corrected chi connectivity index (χ1v) is 8.63. The first-order chi connectivity index (χ1) is 11.6. The molecule has 5 nitrogen and oxygen atoms in total. The number of nitrogens with one attached hydrogen (secondary N) is 2. The molecule has 25 heavy (non-hydrogen) atoms. The smallest absolute Gasteiger partial charge is 0.325 e. The summed E-state index contributed by atoms with van der Waals surface area (Å²) in [6.07, 6.45) is -4.54. The van der Waals surface area contributed by atoms with Crippen molar-refractivity contribution in [1.82, 2.24) is 4.72 Å². The molecule has 2 N–H and O–H groups in total. The molecule has 2 aromatic rings. The van der Waals surface area contributed by atoms with Crippen molar-refractivity contribution >= 4 is 21.6 Å². The molecule has 0 saturated heterocycles. The maximum absolute atomic E-state index is 12.7. The molecule has 0 aliphatic carbocycles. The lowest BCUT2D eigenvalue weighted by Gasteiger charge is -2.15. The van der Waals surface area contributed by atoms with Gasteiger partial charge in [-0.25, -0.2) is 8.42 Å². The van der Waals surface area contributed by atoms with Gasteiger partial charge in [0.2, 0.25) is 15.9 Å². The van der Waals surface area contributed by atoms with Gasteiger partial charge in [-0.05, 0) is 37.3 Å². The molecule has 0 unspecified atom stereocenters. The number of amides is 1. The largest absolute Gasteiger partial charge is 0.416 e. The number of benzene rings is 2. The predicted octanol–water partition coefficient (Wildman–Crippen LogP) is 3.01. The molecule has 0 aromatic heterocycles. The van der Waals surface area contributed by atoms with Crippen LogP contribution >= 0.6 is 0 Å². The first-order valence-electron chi connectivity index (χ1n) is 7.15. The summed E-state index contributed by atoms with van der Waals surface area (Å²) >= 11 is 0. The lowest BCUT2D eigenvalue weighted by molar-refractivity contribution is -0.137. The van der Waals surface area contributed by atoms with Gasteiger partial charge in [0.15, 0.2) is 0 Å². The van der Waals surface area contributed by atoms with Crippen LogP contribution in [0.2, 0.25) is 0 Å². The second-order valence-electron chi connectivity index (χ2n) is 5.22. The van der Waals surface area contributed by atoms with Crippen molar-refractivity contribution in [2.24, 2.45) is 0 Å². The summed E-state index contributed by atoms with van der Waals surface area (Å²) in [6, 6.07) is 10.3. The van der Waals surface area contributed by atoms with Crippen molar-refractivity contribution in [3.8, 4) is 0 Å². The van der Waals surface area contributed by atoms with Crippen LogP contribution in [0.15, 0.2) is 59.5 Å². The summed E-state index contributed by atoms with van der Waals surface area (Å²) in [4.78, 5) is 12.0. The summed E-state index contributed by atoms with van der Waals surface area (Å²) in [5.41, 5.74) is -0.992. The Balaban J connectivity index is 2.09. The van der Waals surface area contributed by atoms with Gasteiger partial charge in [-0.2, -0.15) is 17.9 Å². The van der Waals surface area contributed by atoms with Crippen molar-refractivity contribution in [2.45, 2.75) is 24.0 Å². The molecule has 134 valence electrons. The number of hydrogen-bond acceptors (Lipinski definition) is 3. The molecule has 0 heterocycles. The van der Waals surface area contributed by atoms with Crippen LogP contribution in [-0.4, -0.2) is 20.4 Å². The van der Waals surface area contributed by atoms with E-state index in [1.807, 2.05) is 0 Å². The zero-order valence-electron chi connectivity index (χ0n) is 13.0. The predicted molar refractivity (Wildman–Crippen MR) is 86.3 cm³/mol. The zero-order valence-corrected chi connectivity index (χ0v) is 13.9. The molecule has 0 bridgehead atoms. The van der Waals surface area contributed by atoms with E-state index in [0.717, 1.165) is 18.2 Å². The number of carbonyl (C=O) groups is 1. The van der Waals surface area contributed by atoms with Crippen molar-refractivity contribution in [3.63, 3.8) is 0 Å². The van der Waals surface area contributed by atoms with Gasteiger partial charge in [0.1, 0.15) is 0 Å². The minimum absolute atomic E-state index is 0.0197. The molecule has 0 aliphatic heterocycles. The highest BCUT2D eigenvalue weighted by Crippen LogP contribution is 2.30. The highest BCUT2D eigenvalue weighted by atomic mass is 32.2. The third-order valence-corrected chi connectivity index (χ3v) is 4.79. The Labute approximate surface area is 142 Å². The maximum atomic E-state index is 12.7. The van der Waals surface area contributed by atoms with Gasteiger partial charge in [-0.15, -0.1) is 0 Å². The van der Waals surface area contributed by atoms with Crippen molar-refractivity contribution in [1.29, 1.82) is 0 Å². The third kappa shape index (κ3) is 5.04. The van der Waals surface area contributed by atoms with Gasteiger partial charge in [0.05, 0.1) is 16.5 Å². The molecule has 9 heteroatoms. The Hall–Kier alpha value is -2.39. The van der Waals surface area contributed by atoms with E-state index in [1.165, 1.54) is 37.3 Å². The average Bonchev–Trinajstić information content (AvgIpc) is 2.54. The quantitative estimate of drug-likeness (QED) is 0.847. The second kappa shape index (κ2) is 7.24. The number of alkyl halides is 3. The Kier molecular flexibility index (Phi) is 5.48. The van der Waals surface area contributed by atoms with Crippen molar-refractivity contribution in [2.75, 3.05) is 5.32 Å². The summed E-state index contributed by atoms with van der Waals surface area (Å²) in [5, 5.41) is 2.26. The van der Waals surface area contributed by atoms with Gasteiger partial charge < -0.3 is 5.32 Å². The molecule has 1 atom stereocenters. The van der Waals surface area contributed by atoms with Crippen LogP contribution in [-0.2, 0) is 21.0 Å². The number of halogens is 3. The molecule has 0 radical (unpaired) electrons. The van der Waals surface area contributed by atoms with Crippen LogP contribution in [0.25, 0.3) is 0 Å². The maximum Gasteiger partial charge on any atom is 0.416 e. The van der Waals surface area contributed by atoms with Crippen LogP contribution in [0, 0.1) is 0 Å². The number of sulfonamides is 1. The lowest BCUT2D eigenvalue weighted by Crippen LogP contribution is -2.41. The fourth-order valence-corrected chi connectivity index (χ4v) is 3.20. The molecular formula is C16H15F3N2O3S. The van der Waals surface area contributed by atoms with Gasteiger partial charge >= 0.3 is 6.18 Å². The van der Waals surface area contributed by atoms with E-state index in [1.54, 1.807) is 6.07 Å². The van der Waals surface area contributed by atoms with Crippen LogP contribution < -0.4 is 10.0 Å². The number of hydrogen-bond donors (Lipinski definition) is 2. The number of anilines is 1. The van der Waals surface area contributed by atoms with Crippen LogP contribution in [0.5, 0.6) is 0 Å². The van der Waals surface area contributed by atoms with E-state index in [9.17, 15) is 26.4 Å². The summed E-state index contributed by atoms with van der Waals surface area (Å²) in [5.74, 6) is -0.779. The second-order valence-corrected chi connectivity index (χ2v) is 6.94. The standard InChI is InChI=1S/C16H15F3N2O3S/c1-11(21-25(23,24)14-8-3-2-4-9-14)15(22)20-13-7-5-6-12(10-13)16(17,18)19/h2-11,21H,1H3,(H,20,22)/t11-/m0/s1. The Morgan fingerprint density at radius 3 is 2.28 bits per heavy atom. The van der Waals surface area contributed by atoms with Crippen molar-refractivity contribution < 1.29 is 26.4 Å². The van der Waals surface area contributed by atoms with E-state index in [2.05, 4.69) is 10.0 Å². The average molecular weight is 372 g/mol. The normalized spacial score (nSPS) is 13.3. The zero-order chi connectivity index (χ0) is 18.7. The minimum atomic E-state index is -4.54. The molecule has 0 fully saturated rings. The van der Waals surface area contributed by atoms with Gasteiger partial charge in [-0.1, -0.05) is 24.3 Å². The molecule has 2 aromatic carbocycles. The molecule has 1 amide bonds. The van der Waals surface area contributed by atoms with Crippen molar-refractivity contribution in [3.05, 3.63) is 60.2 Å². The van der Waals surface area contributed by atoms with Gasteiger partial charge in [0, 0.05) is 5.69 Å². The summed E-state index contributed by atoms with van der Waals surface area (Å²) in [6.45, 7) is 1.30. The third-order valence-electron chi connectivity index (χ3n) is 3.24. The monoisotopic (exact) mass is 372 g/mol. The van der Waals surface area contributed by atoms with E-state index in [4.69, 9.17) is 0 Å². The Morgan fingerprint density at radius 2 is 1.68 bits per heavy atom. The van der Waals surface area contributed by atoms with Crippen LogP contribution in [0.4, 0.5) is 18.9 Å². The molecule has 0 spiro atoms. The van der Waals surface area contributed by atoms with Gasteiger partial charge in [0.25, 0.3) is 0 Å². The van der Waals surface area contributed by atoms with E-state index in [-0.39, 0.29) is 10.6 Å². The first kappa shape index (κ1) is 18.9. The molecule has 0 saturated carbocycles. The van der Waals surface area contributed by atoms with Crippen LogP contribution in [0.3, 0.4) is 0 Å². The molecule has 2 rings (SSSR count). The SMILES string of the molecule is C[C@H](NS(=O)(=O)c1ccccc1)C(=O)Nc1cccc(C(F)(F)F)c1. The Morgan fingerprint density at radius 1 is 1.04 bits per heavy atom. The van der Waals surface area contributed by atoms with E-state index >= 15 is 0 Å².